The number of halogens is 1. The normalized spacial score (nSPS) is 19.8. The van der Waals surface area contributed by atoms with Crippen molar-refractivity contribution in [1.29, 1.82) is 0 Å². The zero-order valence-corrected chi connectivity index (χ0v) is 13.7. The van der Waals surface area contributed by atoms with E-state index in [1.54, 1.807) is 34.9 Å². The lowest BCUT2D eigenvalue weighted by molar-refractivity contribution is 0.396. The van der Waals surface area contributed by atoms with Crippen LogP contribution in [0.4, 0.5) is 0 Å². The van der Waals surface area contributed by atoms with Gasteiger partial charge in [0.15, 0.2) is 0 Å². The van der Waals surface area contributed by atoms with E-state index in [4.69, 9.17) is 0 Å². The number of hydrogen-bond acceptors (Lipinski definition) is 3. The molecule has 0 bridgehead atoms. The standard InChI is InChI=1S/C15H15BrN2O2S/c16-13-6-1-2-8-15(13)21(19,20)18-10-4-7-14(18)12-5-3-9-17-11-12/h1-3,5-6,8-9,11,14H,4,7,10H2. The maximum atomic E-state index is 12.9. The average Bonchev–Trinajstić information content (AvgIpc) is 2.99. The van der Waals surface area contributed by atoms with Gasteiger partial charge in [0.05, 0.1) is 10.9 Å². The van der Waals surface area contributed by atoms with E-state index in [0.717, 1.165) is 18.4 Å². The van der Waals surface area contributed by atoms with E-state index in [1.807, 2.05) is 18.2 Å². The Labute approximate surface area is 133 Å². The molecule has 4 nitrogen and oxygen atoms in total. The molecule has 1 aliphatic rings. The van der Waals surface area contributed by atoms with Crippen molar-refractivity contribution in [2.24, 2.45) is 0 Å². The van der Waals surface area contributed by atoms with Crippen LogP contribution < -0.4 is 0 Å². The first kappa shape index (κ1) is 14.7. The molecule has 0 saturated carbocycles. The molecule has 0 radical (unpaired) electrons. The number of aromatic nitrogens is 1. The van der Waals surface area contributed by atoms with Gasteiger partial charge in [0.2, 0.25) is 10.0 Å². The lowest BCUT2D eigenvalue weighted by Gasteiger charge is -2.24. The van der Waals surface area contributed by atoms with E-state index < -0.39 is 10.0 Å². The van der Waals surface area contributed by atoms with E-state index in [1.165, 1.54) is 0 Å². The first-order valence-electron chi connectivity index (χ1n) is 6.77. The van der Waals surface area contributed by atoms with Gasteiger partial charge in [0.1, 0.15) is 0 Å². The second kappa shape index (κ2) is 5.87. The highest BCUT2D eigenvalue weighted by Crippen LogP contribution is 2.37. The summed E-state index contributed by atoms with van der Waals surface area (Å²) in [5.74, 6) is 0. The van der Waals surface area contributed by atoms with Gasteiger partial charge in [-0.15, -0.1) is 0 Å². The van der Waals surface area contributed by atoms with Gasteiger partial charge < -0.3 is 0 Å². The number of sulfonamides is 1. The highest BCUT2D eigenvalue weighted by molar-refractivity contribution is 9.10. The van der Waals surface area contributed by atoms with Crippen molar-refractivity contribution < 1.29 is 8.42 Å². The Morgan fingerprint density at radius 3 is 2.71 bits per heavy atom. The number of nitrogens with zero attached hydrogens (tertiary/aromatic N) is 2. The van der Waals surface area contributed by atoms with E-state index in [0.29, 0.717) is 15.9 Å². The molecule has 2 aromatic rings. The number of pyridine rings is 1. The van der Waals surface area contributed by atoms with Crippen molar-refractivity contribution in [3.05, 3.63) is 58.8 Å². The molecule has 6 heteroatoms. The van der Waals surface area contributed by atoms with Crippen molar-refractivity contribution in [1.82, 2.24) is 9.29 Å². The van der Waals surface area contributed by atoms with Crippen molar-refractivity contribution in [2.45, 2.75) is 23.8 Å². The molecule has 1 fully saturated rings. The minimum atomic E-state index is -3.51. The summed E-state index contributed by atoms with van der Waals surface area (Å²) >= 11 is 3.34. The molecule has 110 valence electrons. The second-order valence-corrected chi connectivity index (χ2v) is 7.70. The third kappa shape index (κ3) is 2.75. The fourth-order valence-corrected chi connectivity index (χ4v) is 5.36. The molecule has 1 aromatic heterocycles. The van der Waals surface area contributed by atoms with Gasteiger partial charge in [0, 0.05) is 23.4 Å². The van der Waals surface area contributed by atoms with Gasteiger partial charge in [-0.2, -0.15) is 4.31 Å². The third-order valence-corrected chi connectivity index (χ3v) is 6.62. The molecule has 2 heterocycles. The molecule has 1 atom stereocenters. The molecule has 0 spiro atoms. The van der Waals surface area contributed by atoms with Crippen LogP contribution in [0.5, 0.6) is 0 Å². The lowest BCUT2D eigenvalue weighted by Crippen LogP contribution is -2.31. The summed E-state index contributed by atoms with van der Waals surface area (Å²) in [5.41, 5.74) is 0.950. The topological polar surface area (TPSA) is 50.3 Å². The van der Waals surface area contributed by atoms with Gasteiger partial charge in [-0.1, -0.05) is 18.2 Å². The van der Waals surface area contributed by atoms with Crippen molar-refractivity contribution in [2.75, 3.05) is 6.54 Å². The summed E-state index contributed by atoms with van der Waals surface area (Å²) in [6.07, 6.45) is 5.14. The molecule has 1 aromatic carbocycles. The molecular formula is C15H15BrN2O2S. The summed E-state index contributed by atoms with van der Waals surface area (Å²) in [7, 11) is -3.51. The highest BCUT2D eigenvalue weighted by atomic mass is 79.9. The van der Waals surface area contributed by atoms with Gasteiger partial charge in [-0.05, 0) is 52.5 Å². The Kier molecular flexibility index (Phi) is 4.10. The summed E-state index contributed by atoms with van der Waals surface area (Å²) in [6.45, 7) is 0.545. The van der Waals surface area contributed by atoms with Crippen LogP contribution in [0, 0.1) is 0 Å². The molecule has 1 aliphatic heterocycles. The van der Waals surface area contributed by atoms with Crippen LogP contribution >= 0.6 is 15.9 Å². The monoisotopic (exact) mass is 366 g/mol. The molecule has 0 N–H and O–H groups in total. The van der Waals surface area contributed by atoms with Crippen LogP contribution in [0.2, 0.25) is 0 Å². The van der Waals surface area contributed by atoms with Crippen LogP contribution in [0.1, 0.15) is 24.4 Å². The first-order valence-corrected chi connectivity index (χ1v) is 9.00. The summed E-state index contributed by atoms with van der Waals surface area (Å²) in [5, 5.41) is 0. The highest BCUT2D eigenvalue weighted by Gasteiger charge is 2.36. The van der Waals surface area contributed by atoms with Crippen LogP contribution in [-0.2, 0) is 10.0 Å². The first-order chi connectivity index (χ1) is 10.1. The maximum Gasteiger partial charge on any atom is 0.244 e. The zero-order valence-electron chi connectivity index (χ0n) is 11.3. The molecule has 1 saturated heterocycles. The van der Waals surface area contributed by atoms with Crippen LogP contribution in [0.25, 0.3) is 0 Å². The molecule has 21 heavy (non-hydrogen) atoms. The molecule has 0 aliphatic carbocycles. The van der Waals surface area contributed by atoms with E-state index in [-0.39, 0.29) is 6.04 Å². The van der Waals surface area contributed by atoms with Crippen LogP contribution in [0.15, 0.2) is 58.2 Å². The summed E-state index contributed by atoms with van der Waals surface area (Å²) < 4.78 is 28.0. The van der Waals surface area contributed by atoms with Crippen LogP contribution in [0.3, 0.4) is 0 Å². The van der Waals surface area contributed by atoms with Crippen molar-refractivity contribution >= 4 is 26.0 Å². The number of rotatable bonds is 3. The second-order valence-electron chi connectivity index (χ2n) is 4.99. The molecule has 3 rings (SSSR count). The molecular weight excluding hydrogens is 352 g/mol. The quantitative estimate of drug-likeness (QED) is 0.836. The smallest absolute Gasteiger partial charge is 0.244 e. The predicted octanol–water partition coefficient (Wildman–Crippen LogP) is 3.37. The Morgan fingerprint density at radius 1 is 1.19 bits per heavy atom. The van der Waals surface area contributed by atoms with Gasteiger partial charge in [-0.3, -0.25) is 4.98 Å². The van der Waals surface area contributed by atoms with Crippen LogP contribution in [-0.4, -0.2) is 24.3 Å². The van der Waals surface area contributed by atoms with Crippen molar-refractivity contribution in [3.8, 4) is 0 Å². The Balaban J connectivity index is 2.01. The van der Waals surface area contributed by atoms with E-state index in [2.05, 4.69) is 20.9 Å². The summed E-state index contributed by atoms with van der Waals surface area (Å²) in [6, 6.07) is 10.6. The Morgan fingerprint density at radius 2 is 2.00 bits per heavy atom. The predicted molar refractivity (Wildman–Crippen MR) is 84.2 cm³/mol. The lowest BCUT2D eigenvalue weighted by atomic mass is 10.1. The molecule has 0 amide bonds. The molecule has 1 unspecified atom stereocenters. The Bertz CT molecular complexity index is 734. The minimum absolute atomic E-state index is 0.129. The largest absolute Gasteiger partial charge is 0.264 e. The van der Waals surface area contributed by atoms with E-state index >= 15 is 0 Å². The minimum Gasteiger partial charge on any atom is -0.264 e. The SMILES string of the molecule is O=S(=O)(c1ccccc1Br)N1CCCC1c1cccnc1. The Hall–Kier alpha value is -1.24. The summed E-state index contributed by atoms with van der Waals surface area (Å²) in [4.78, 5) is 4.43. The average molecular weight is 367 g/mol. The number of benzene rings is 1. The van der Waals surface area contributed by atoms with Gasteiger partial charge in [0.25, 0.3) is 0 Å². The van der Waals surface area contributed by atoms with Gasteiger partial charge in [-0.25, -0.2) is 8.42 Å². The number of hydrogen-bond donors (Lipinski definition) is 0. The fraction of sp³-hybridized carbons (Fsp3) is 0.267. The van der Waals surface area contributed by atoms with E-state index in [9.17, 15) is 8.42 Å². The fourth-order valence-electron chi connectivity index (χ4n) is 2.71. The van der Waals surface area contributed by atoms with Crippen molar-refractivity contribution in [3.63, 3.8) is 0 Å². The zero-order chi connectivity index (χ0) is 14.9. The van der Waals surface area contributed by atoms with Gasteiger partial charge >= 0.3 is 0 Å². The third-order valence-electron chi connectivity index (χ3n) is 3.70. The maximum absolute atomic E-state index is 12.9.